The maximum absolute atomic E-state index is 11.6. The van der Waals surface area contributed by atoms with Gasteiger partial charge in [0.25, 0.3) is 0 Å². The largest absolute Gasteiger partial charge is 0.469 e. The second-order valence-electron chi connectivity index (χ2n) is 7.90. The molecule has 0 aliphatic heterocycles. The van der Waals surface area contributed by atoms with E-state index in [0.29, 0.717) is 44.2 Å². The summed E-state index contributed by atoms with van der Waals surface area (Å²) in [5.41, 5.74) is 16.1. The first-order valence-corrected chi connectivity index (χ1v) is 12.1. The van der Waals surface area contributed by atoms with Crippen LogP contribution < -0.4 is 33.2 Å². The molecule has 13 nitrogen and oxygen atoms in total. The lowest BCUT2D eigenvalue weighted by Gasteiger charge is -2.14. The lowest BCUT2D eigenvalue weighted by molar-refractivity contribution is -0.140. The van der Waals surface area contributed by atoms with E-state index in [1.165, 1.54) is 7.11 Å². The van der Waals surface area contributed by atoms with Crippen LogP contribution in [0.3, 0.4) is 0 Å². The Kier molecular flexibility index (Phi) is 27.2. The topological polar surface area (TPSA) is 229 Å². The normalized spacial score (nSPS) is 10.1. The molecule has 4 amide bonds. The van der Waals surface area contributed by atoms with Crippen molar-refractivity contribution in [3.05, 3.63) is 29.8 Å². The predicted octanol–water partition coefficient (Wildman–Crippen LogP) is 0.385. The van der Waals surface area contributed by atoms with Gasteiger partial charge in [0.1, 0.15) is 6.29 Å². The van der Waals surface area contributed by atoms with Crippen molar-refractivity contribution in [2.24, 2.45) is 23.1 Å². The van der Waals surface area contributed by atoms with Gasteiger partial charge < -0.3 is 47.8 Å². The number of carbonyl (C=O) groups is 5. The molecule has 0 fully saturated rings. The second kappa shape index (κ2) is 26.5. The monoisotopic (exact) mass is 542 g/mol. The molecule has 38 heavy (non-hydrogen) atoms. The highest BCUT2D eigenvalue weighted by molar-refractivity contribution is 5.90. The van der Waals surface area contributed by atoms with Gasteiger partial charge in [-0.05, 0) is 43.5 Å². The summed E-state index contributed by atoms with van der Waals surface area (Å²) in [7, 11) is 3.11. The fraction of sp³-hybridized carbons (Fsp3) is 0.560. The number of nitrogens with one attached hydrogen (secondary N) is 3. The number of methoxy groups -OCH3 is 1. The molecule has 1 rings (SSSR count). The van der Waals surface area contributed by atoms with Gasteiger partial charge in [-0.2, -0.15) is 0 Å². The minimum absolute atomic E-state index is 0.0128. The molecule has 0 radical (unpaired) electrons. The number of hydrogen-bond donors (Lipinski definition) is 7. The van der Waals surface area contributed by atoms with Crippen molar-refractivity contribution >= 4 is 35.8 Å². The summed E-state index contributed by atoms with van der Waals surface area (Å²) in [5, 5.41) is 16.9. The molecule has 10 N–H and O–H groups in total. The molecule has 13 heteroatoms. The maximum Gasteiger partial charge on any atom is 0.312 e. The third kappa shape index (κ3) is 25.5. The number of esters is 1. The third-order valence-electron chi connectivity index (χ3n) is 4.45. The van der Waals surface area contributed by atoms with Crippen molar-refractivity contribution in [2.45, 2.75) is 59.1 Å². The smallest absolute Gasteiger partial charge is 0.312 e. The zero-order valence-corrected chi connectivity index (χ0v) is 23.1. The van der Waals surface area contributed by atoms with Gasteiger partial charge in [0.05, 0.1) is 19.8 Å². The van der Waals surface area contributed by atoms with Crippen molar-refractivity contribution in [3.8, 4) is 0 Å². The Labute approximate surface area is 225 Å². The third-order valence-corrected chi connectivity index (χ3v) is 4.45. The molecule has 0 aliphatic carbocycles. The van der Waals surface area contributed by atoms with Crippen LogP contribution in [0, 0.1) is 5.92 Å². The van der Waals surface area contributed by atoms with Crippen LogP contribution in [0.2, 0.25) is 0 Å². The molecule has 0 saturated carbocycles. The van der Waals surface area contributed by atoms with Crippen LogP contribution in [-0.2, 0) is 30.5 Å². The maximum atomic E-state index is 11.6. The number of urea groups is 1. The molecule has 0 saturated heterocycles. The van der Waals surface area contributed by atoms with E-state index < -0.39 is 6.03 Å². The van der Waals surface area contributed by atoms with Gasteiger partial charge in [-0.15, -0.1) is 0 Å². The number of amides is 4. The van der Waals surface area contributed by atoms with Gasteiger partial charge in [0.2, 0.25) is 11.8 Å². The molecule has 0 spiro atoms. The number of primary amides is 2. The Balaban J connectivity index is -0.000000532. The lowest BCUT2D eigenvalue weighted by atomic mass is 10.0. The SMILES string of the molecule is CCC(=O)OC.CNC(C(N)=O)C(C)C.NC(=O)NCCCCC(=O)Nc1ccc(CO)cc1.NCC=O. The van der Waals surface area contributed by atoms with E-state index in [1.807, 2.05) is 13.8 Å². The van der Waals surface area contributed by atoms with E-state index >= 15 is 0 Å². The molecule has 218 valence electrons. The summed E-state index contributed by atoms with van der Waals surface area (Å²) in [6, 6.07) is 6.27. The molecular weight excluding hydrogens is 496 g/mol. The van der Waals surface area contributed by atoms with Crippen LogP contribution in [0.15, 0.2) is 24.3 Å². The molecule has 0 aromatic heterocycles. The second-order valence-corrected chi connectivity index (χ2v) is 7.90. The molecular formula is C25H46N6O7. The van der Waals surface area contributed by atoms with E-state index in [2.05, 4.69) is 26.4 Å². The van der Waals surface area contributed by atoms with E-state index in [0.717, 1.165) is 5.56 Å². The summed E-state index contributed by atoms with van der Waals surface area (Å²) in [6.07, 6.45) is 2.90. The summed E-state index contributed by atoms with van der Waals surface area (Å²) in [5.74, 6) is -0.245. The van der Waals surface area contributed by atoms with Crippen molar-refractivity contribution < 1.29 is 33.8 Å². The first-order chi connectivity index (χ1) is 17.9. The number of aldehydes is 1. The number of nitrogens with two attached hydrogens (primary N) is 3. The van der Waals surface area contributed by atoms with Crippen LogP contribution in [0.25, 0.3) is 0 Å². The minimum atomic E-state index is -0.548. The number of ether oxygens (including phenoxy) is 1. The number of likely N-dealkylation sites (N-methyl/N-ethyl adjacent to an activating group) is 1. The fourth-order valence-electron chi connectivity index (χ4n) is 2.49. The van der Waals surface area contributed by atoms with Gasteiger partial charge in [0.15, 0.2) is 0 Å². The number of aliphatic hydroxyl groups excluding tert-OH is 1. The van der Waals surface area contributed by atoms with Crippen LogP contribution in [0.1, 0.15) is 52.0 Å². The van der Waals surface area contributed by atoms with Crippen LogP contribution in [-0.4, -0.2) is 68.5 Å². The summed E-state index contributed by atoms with van der Waals surface area (Å²) < 4.78 is 4.26. The number of benzene rings is 1. The van der Waals surface area contributed by atoms with Crippen molar-refractivity contribution in [2.75, 3.05) is 32.6 Å². The summed E-state index contributed by atoms with van der Waals surface area (Å²) in [6.45, 7) is 6.26. The highest BCUT2D eigenvalue weighted by atomic mass is 16.5. The zero-order chi connectivity index (χ0) is 29.9. The van der Waals surface area contributed by atoms with Crippen LogP contribution >= 0.6 is 0 Å². The van der Waals surface area contributed by atoms with Crippen LogP contribution in [0.5, 0.6) is 0 Å². The number of hydrogen-bond acceptors (Lipinski definition) is 9. The Morgan fingerprint density at radius 2 is 1.63 bits per heavy atom. The Morgan fingerprint density at radius 1 is 1.08 bits per heavy atom. The molecule has 1 aromatic rings. The van der Waals surface area contributed by atoms with Gasteiger partial charge >= 0.3 is 12.0 Å². The van der Waals surface area contributed by atoms with Gasteiger partial charge in [-0.25, -0.2) is 4.79 Å². The zero-order valence-electron chi connectivity index (χ0n) is 23.1. The molecule has 0 aliphatic rings. The highest BCUT2D eigenvalue weighted by Crippen LogP contribution is 2.10. The van der Waals surface area contributed by atoms with Crippen LogP contribution in [0.4, 0.5) is 10.5 Å². The number of rotatable bonds is 12. The Bertz CT molecular complexity index is 783. The van der Waals surface area contributed by atoms with E-state index in [4.69, 9.17) is 21.4 Å². The first kappa shape index (κ1) is 39.0. The fourth-order valence-corrected chi connectivity index (χ4v) is 2.49. The first-order valence-electron chi connectivity index (χ1n) is 12.1. The molecule has 0 heterocycles. The average molecular weight is 543 g/mol. The number of carbonyl (C=O) groups excluding carboxylic acids is 5. The molecule has 1 atom stereocenters. The quantitative estimate of drug-likeness (QED) is 0.110. The molecule has 1 unspecified atom stereocenters. The summed E-state index contributed by atoms with van der Waals surface area (Å²) in [4.78, 5) is 51.5. The molecule has 0 bridgehead atoms. The number of aliphatic hydroxyl groups is 1. The number of unbranched alkanes of at least 4 members (excludes halogenated alkanes) is 1. The van der Waals surface area contributed by atoms with E-state index in [9.17, 15) is 19.2 Å². The standard InChI is InChI=1S/C13H19N3O3.C6H14N2O.C4H8O2.C2H5NO/c14-13(19)15-8-2-1-3-12(18)16-11-6-4-10(9-17)5-7-11;1-4(2)5(8-3)6(7)9;1-3-4(5)6-2;3-1-2-4/h4-7,17H,1-3,8-9H2,(H,16,18)(H3,14,15,19);4-5,8H,1-3H3,(H2,7,9);3H2,1-2H3;2H,1,3H2. The average Bonchev–Trinajstić information content (AvgIpc) is 2.89. The lowest BCUT2D eigenvalue weighted by Crippen LogP contribution is -2.42. The van der Waals surface area contributed by atoms with Crippen molar-refractivity contribution in [1.29, 1.82) is 0 Å². The Morgan fingerprint density at radius 3 is 1.92 bits per heavy atom. The Hall–Kier alpha value is -3.55. The predicted molar refractivity (Wildman–Crippen MR) is 147 cm³/mol. The minimum Gasteiger partial charge on any atom is -0.469 e. The van der Waals surface area contributed by atoms with Crippen molar-refractivity contribution in [3.63, 3.8) is 0 Å². The van der Waals surface area contributed by atoms with E-state index in [-0.39, 0.29) is 42.9 Å². The summed E-state index contributed by atoms with van der Waals surface area (Å²) >= 11 is 0. The number of anilines is 1. The molecule has 1 aromatic carbocycles. The van der Waals surface area contributed by atoms with Gasteiger partial charge in [-0.3, -0.25) is 14.4 Å². The van der Waals surface area contributed by atoms with E-state index in [1.54, 1.807) is 38.2 Å². The van der Waals surface area contributed by atoms with Crippen molar-refractivity contribution in [1.82, 2.24) is 10.6 Å². The van der Waals surface area contributed by atoms with Gasteiger partial charge in [-0.1, -0.05) is 32.9 Å². The highest BCUT2D eigenvalue weighted by Gasteiger charge is 2.15. The van der Waals surface area contributed by atoms with Gasteiger partial charge in [0, 0.05) is 31.6 Å².